The third-order valence-electron chi connectivity index (χ3n) is 3.64. The molecule has 1 amide bonds. The molecule has 1 aromatic rings. The normalized spacial score (nSPS) is 17.6. The minimum Gasteiger partial charge on any atom is -0.458 e. The summed E-state index contributed by atoms with van der Waals surface area (Å²) in [6.45, 7) is 5.44. The Bertz CT molecular complexity index is 525. The van der Waals surface area contributed by atoms with Crippen LogP contribution >= 0.6 is 0 Å². The molecule has 23 heavy (non-hydrogen) atoms. The minimum atomic E-state index is -0.772. The first-order valence-corrected chi connectivity index (χ1v) is 7.84. The van der Waals surface area contributed by atoms with E-state index in [2.05, 4.69) is 10.6 Å². The molecule has 0 bridgehead atoms. The van der Waals surface area contributed by atoms with Crippen molar-refractivity contribution in [2.24, 2.45) is 5.92 Å². The molecule has 126 valence electrons. The zero-order valence-electron chi connectivity index (χ0n) is 13.6. The second-order valence-electron chi connectivity index (χ2n) is 6.29. The number of benzene rings is 1. The summed E-state index contributed by atoms with van der Waals surface area (Å²) in [7, 11) is 0. The molecule has 0 saturated carbocycles. The number of esters is 1. The molecule has 0 unspecified atom stereocenters. The number of rotatable bonds is 6. The summed E-state index contributed by atoms with van der Waals surface area (Å²) in [4.78, 5) is 23.7. The second kappa shape index (κ2) is 7.97. The molecule has 0 aliphatic carbocycles. The van der Waals surface area contributed by atoms with Crippen LogP contribution in [-0.4, -0.2) is 37.3 Å². The molecule has 1 heterocycles. The molecule has 1 aliphatic heterocycles. The van der Waals surface area contributed by atoms with Crippen LogP contribution in [0.25, 0.3) is 0 Å². The topological polar surface area (TPSA) is 76.7 Å². The minimum absolute atomic E-state index is 0.0979. The smallest absolute Gasteiger partial charge is 0.407 e. The van der Waals surface area contributed by atoms with Gasteiger partial charge in [-0.15, -0.1) is 0 Å². The fraction of sp³-hybridized carbons (Fsp3) is 0.529. The Kier molecular flexibility index (Phi) is 5.98. The monoisotopic (exact) mass is 320 g/mol. The highest BCUT2D eigenvalue weighted by molar-refractivity contribution is 5.73. The first kappa shape index (κ1) is 17.3. The zero-order chi connectivity index (χ0) is 16.7. The summed E-state index contributed by atoms with van der Waals surface area (Å²) in [5.41, 5.74) is 0.146. The van der Waals surface area contributed by atoms with Crippen LogP contribution in [0.5, 0.6) is 0 Å². The van der Waals surface area contributed by atoms with E-state index in [1.807, 2.05) is 30.3 Å². The van der Waals surface area contributed by atoms with Crippen molar-refractivity contribution in [3.63, 3.8) is 0 Å². The summed E-state index contributed by atoms with van der Waals surface area (Å²) in [6.07, 6.45) is 0.266. The maximum absolute atomic E-state index is 12.0. The van der Waals surface area contributed by atoms with Crippen molar-refractivity contribution in [2.45, 2.75) is 32.5 Å². The van der Waals surface area contributed by atoms with Crippen LogP contribution in [0.1, 0.15) is 25.8 Å². The number of hydrogen-bond acceptors (Lipinski definition) is 5. The van der Waals surface area contributed by atoms with Gasteiger partial charge in [-0.25, -0.2) is 4.79 Å². The Labute approximate surface area is 136 Å². The molecule has 1 fully saturated rings. The van der Waals surface area contributed by atoms with E-state index in [9.17, 15) is 9.59 Å². The van der Waals surface area contributed by atoms with E-state index in [1.165, 1.54) is 0 Å². The maximum Gasteiger partial charge on any atom is 0.407 e. The molecule has 6 heteroatoms. The summed E-state index contributed by atoms with van der Waals surface area (Å²) in [6, 6.07) is 9.44. The molecular weight excluding hydrogens is 296 g/mol. The molecule has 0 spiro atoms. The van der Waals surface area contributed by atoms with E-state index in [4.69, 9.17) is 9.47 Å². The van der Waals surface area contributed by atoms with Crippen LogP contribution in [0.15, 0.2) is 30.3 Å². The molecule has 0 radical (unpaired) electrons. The van der Waals surface area contributed by atoms with Crippen LogP contribution in [0, 0.1) is 5.92 Å². The molecule has 2 rings (SSSR count). The Balaban J connectivity index is 1.70. The molecular formula is C17H24N2O4. The first-order valence-electron chi connectivity index (χ1n) is 7.84. The fourth-order valence-electron chi connectivity index (χ4n) is 2.31. The lowest BCUT2D eigenvalue weighted by Gasteiger charge is -2.26. The van der Waals surface area contributed by atoms with Gasteiger partial charge in [-0.05, 0) is 32.4 Å². The summed E-state index contributed by atoms with van der Waals surface area (Å²) >= 11 is 0. The van der Waals surface area contributed by atoms with E-state index in [0.29, 0.717) is 6.54 Å². The van der Waals surface area contributed by atoms with E-state index in [0.717, 1.165) is 18.5 Å². The van der Waals surface area contributed by atoms with Gasteiger partial charge in [0.25, 0.3) is 0 Å². The Hall–Kier alpha value is -2.08. The molecule has 1 aliphatic rings. The van der Waals surface area contributed by atoms with Gasteiger partial charge in [-0.2, -0.15) is 0 Å². The lowest BCUT2D eigenvalue weighted by molar-refractivity contribution is -0.160. The van der Waals surface area contributed by atoms with Gasteiger partial charge in [-0.3, -0.25) is 4.79 Å². The van der Waals surface area contributed by atoms with Gasteiger partial charge in [0, 0.05) is 6.54 Å². The third kappa shape index (κ3) is 5.90. The number of nitrogens with one attached hydrogen (secondary N) is 2. The lowest BCUT2D eigenvalue weighted by atomic mass is 10.1. The van der Waals surface area contributed by atoms with Gasteiger partial charge in [0.05, 0.1) is 12.5 Å². The molecule has 6 nitrogen and oxygen atoms in total. The van der Waals surface area contributed by atoms with Crippen LogP contribution < -0.4 is 10.6 Å². The van der Waals surface area contributed by atoms with Gasteiger partial charge in [-0.1, -0.05) is 30.3 Å². The Morgan fingerprint density at radius 1 is 1.30 bits per heavy atom. The lowest BCUT2D eigenvalue weighted by Crippen LogP contribution is -2.43. The number of carbonyl (C=O) groups is 2. The van der Waals surface area contributed by atoms with Crippen molar-refractivity contribution < 1.29 is 19.1 Å². The standard InChI is InChI=1S/C17H24N2O4/c1-17(2,23-15(20)14-8-9-18-10-14)12-19-16(21)22-11-13-6-4-3-5-7-13/h3-7,14,18H,8-12H2,1-2H3,(H,19,21)/t14-/m0/s1. The SMILES string of the molecule is CC(C)(CNC(=O)OCc1ccccc1)OC(=O)[C@H]1CCNC1. The zero-order valence-corrected chi connectivity index (χ0v) is 13.6. The predicted octanol–water partition coefficient (Wildman–Crippen LogP) is 1.84. The Morgan fingerprint density at radius 3 is 2.70 bits per heavy atom. The number of ether oxygens (including phenoxy) is 2. The van der Waals surface area contributed by atoms with E-state index < -0.39 is 11.7 Å². The van der Waals surface area contributed by atoms with Gasteiger partial charge in [0.15, 0.2) is 0 Å². The number of hydrogen-bond donors (Lipinski definition) is 2. The molecule has 0 aromatic heterocycles. The number of carbonyl (C=O) groups excluding carboxylic acids is 2. The molecule has 1 saturated heterocycles. The van der Waals surface area contributed by atoms with E-state index in [-0.39, 0.29) is 25.0 Å². The largest absolute Gasteiger partial charge is 0.458 e. The predicted molar refractivity (Wildman–Crippen MR) is 85.8 cm³/mol. The number of alkyl carbamates (subject to hydrolysis) is 1. The second-order valence-corrected chi connectivity index (χ2v) is 6.29. The van der Waals surface area contributed by atoms with Crippen LogP contribution in [0.4, 0.5) is 4.79 Å². The Morgan fingerprint density at radius 2 is 2.04 bits per heavy atom. The van der Waals surface area contributed by atoms with E-state index in [1.54, 1.807) is 13.8 Å². The quantitative estimate of drug-likeness (QED) is 0.782. The van der Waals surface area contributed by atoms with Crippen molar-refractivity contribution in [1.82, 2.24) is 10.6 Å². The van der Waals surface area contributed by atoms with Crippen molar-refractivity contribution in [1.29, 1.82) is 0 Å². The van der Waals surface area contributed by atoms with Crippen molar-refractivity contribution >= 4 is 12.1 Å². The first-order chi connectivity index (χ1) is 11.0. The van der Waals surface area contributed by atoms with Gasteiger partial charge < -0.3 is 20.1 Å². The van der Waals surface area contributed by atoms with Crippen molar-refractivity contribution in [2.75, 3.05) is 19.6 Å². The number of amides is 1. The third-order valence-corrected chi connectivity index (χ3v) is 3.64. The summed E-state index contributed by atoms with van der Waals surface area (Å²) < 4.78 is 10.6. The molecule has 1 atom stereocenters. The molecule has 2 N–H and O–H groups in total. The van der Waals surface area contributed by atoms with Crippen LogP contribution in [0.3, 0.4) is 0 Å². The van der Waals surface area contributed by atoms with Gasteiger partial charge in [0.1, 0.15) is 12.2 Å². The van der Waals surface area contributed by atoms with Crippen molar-refractivity contribution in [3.05, 3.63) is 35.9 Å². The van der Waals surface area contributed by atoms with Gasteiger partial charge in [0.2, 0.25) is 0 Å². The van der Waals surface area contributed by atoms with Crippen LogP contribution in [0.2, 0.25) is 0 Å². The highest BCUT2D eigenvalue weighted by Gasteiger charge is 2.30. The molecule has 1 aromatic carbocycles. The average molecular weight is 320 g/mol. The fourth-order valence-corrected chi connectivity index (χ4v) is 2.31. The average Bonchev–Trinajstić information content (AvgIpc) is 3.06. The van der Waals surface area contributed by atoms with Crippen LogP contribution in [-0.2, 0) is 20.9 Å². The van der Waals surface area contributed by atoms with E-state index >= 15 is 0 Å². The van der Waals surface area contributed by atoms with Crippen molar-refractivity contribution in [3.8, 4) is 0 Å². The van der Waals surface area contributed by atoms with Gasteiger partial charge >= 0.3 is 12.1 Å². The highest BCUT2D eigenvalue weighted by Crippen LogP contribution is 2.16. The highest BCUT2D eigenvalue weighted by atomic mass is 16.6. The maximum atomic E-state index is 12.0. The summed E-state index contributed by atoms with van der Waals surface area (Å²) in [5, 5.41) is 5.77. The summed E-state index contributed by atoms with van der Waals surface area (Å²) in [5.74, 6) is -0.321.